The Morgan fingerprint density at radius 1 is 1.08 bits per heavy atom. The number of aliphatic hydroxyl groups is 1. The molecule has 0 radical (unpaired) electrons. The number of aliphatic carboxylic acids is 2. The number of carboxylic acid groups (broad SMARTS) is 2. The van der Waals surface area contributed by atoms with Crippen molar-refractivity contribution >= 4 is 31.3 Å². The number of nitrogens with one attached hydrogen (secondary N) is 3. The van der Waals surface area contributed by atoms with Gasteiger partial charge in [0.2, 0.25) is 11.8 Å². The van der Waals surface area contributed by atoms with Crippen LogP contribution >= 0.6 is 7.60 Å². The van der Waals surface area contributed by atoms with Crippen molar-refractivity contribution in [2.24, 2.45) is 5.73 Å². The van der Waals surface area contributed by atoms with Crippen LogP contribution in [0.15, 0.2) is 0 Å². The van der Waals surface area contributed by atoms with Crippen LogP contribution in [0.5, 0.6) is 0 Å². The van der Waals surface area contributed by atoms with Gasteiger partial charge in [-0.3, -0.25) is 23.7 Å². The second-order valence-electron chi connectivity index (χ2n) is 4.93. The van der Waals surface area contributed by atoms with Gasteiger partial charge in [0.25, 0.3) is 0 Å². The van der Waals surface area contributed by atoms with Crippen molar-refractivity contribution in [1.29, 1.82) is 0 Å². The van der Waals surface area contributed by atoms with Gasteiger partial charge in [-0.15, -0.1) is 0 Å². The molecule has 9 N–H and O–H groups in total. The number of carbonyl (C=O) groups is 4. The zero-order valence-electron chi connectivity index (χ0n) is 13.5. The first-order valence-electron chi connectivity index (χ1n) is 7.09. The van der Waals surface area contributed by atoms with Crippen LogP contribution in [0.4, 0.5) is 0 Å². The van der Waals surface area contributed by atoms with Crippen molar-refractivity contribution in [1.82, 2.24) is 16.1 Å². The van der Waals surface area contributed by atoms with Crippen LogP contribution in [0.3, 0.4) is 0 Å². The molecule has 14 nitrogen and oxygen atoms in total. The lowest BCUT2D eigenvalue weighted by molar-refractivity contribution is -0.140. The number of nitrogens with two attached hydrogens (primary N) is 1. The van der Waals surface area contributed by atoms with Gasteiger partial charge in [-0.05, 0) is 0 Å². The molecular weight excluding hydrogens is 379 g/mol. The lowest BCUT2D eigenvalue weighted by Gasteiger charge is -2.19. The molecule has 0 bridgehead atoms. The van der Waals surface area contributed by atoms with E-state index in [1.807, 2.05) is 5.32 Å². The molecule has 0 aromatic rings. The Morgan fingerprint density at radius 2 is 1.62 bits per heavy atom. The van der Waals surface area contributed by atoms with E-state index in [2.05, 4.69) is 9.94 Å². The highest BCUT2D eigenvalue weighted by Crippen LogP contribution is 2.39. The number of hydroxylamine groups is 1. The van der Waals surface area contributed by atoms with E-state index in [9.17, 15) is 28.6 Å². The maximum absolute atomic E-state index is 11.8. The van der Waals surface area contributed by atoms with Crippen molar-refractivity contribution < 1.29 is 48.6 Å². The molecule has 0 aliphatic heterocycles. The van der Waals surface area contributed by atoms with E-state index in [1.165, 1.54) is 0 Å². The highest BCUT2D eigenvalue weighted by atomic mass is 31.2. The third kappa shape index (κ3) is 10.7. The molecule has 2 amide bonds. The van der Waals surface area contributed by atoms with Gasteiger partial charge in [-0.1, -0.05) is 0 Å². The molecule has 0 saturated heterocycles. The molecule has 0 fully saturated rings. The van der Waals surface area contributed by atoms with E-state index in [-0.39, 0.29) is 13.2 Å². The minimum absolute atomic E-state index is 0.0876. The van der Waals surface area contributed by atoms with Gasteiger partial charge in [-0.25, -0.2) is 4.62 Å². The quantitative estimate of drug-likeness (QED) is 0.105. The van der Waals surface area contributed by atoms with Gasteiger partial charge in [0.05, 0.1) is 25.5 Å². The Bertz CT molecular complexity index is 571. The lowest BCUT2D eigenvalue weighted by Crippen LogP contribution is -2.47. The highest BCUT2D eigenvalue weighted by molar-refractivity contribution is 7.52. The van der Waals surface area contributed by atoms with Crippen molar-refractivity contribution in [3.8, 4) is 0 Å². The lowest BCUT2D eigenvalue weighted by atomic mass is 10.2. The number of hydrogen-bond acceptors (Lipinski definition) is 9. The van der Waals surface area contributed by atoms with Crippen LogP contribution in [-0.2, 0) is 28.4 Å². The molecule has 26 heavy (non-hydrogen) atoms. The zero-order chi connectivity index (χ0) is 20.3. The Kier molecular flexibility index (Phi) is 10.6. The van der Waals surface area contributed by atoms with Gasteiger partial charge in [0, 0.05) is 6.54 Å². The summed E-state index contributed by atoms with van der Waals surface area (Å²) < 4.78 is 16.1. The van der Waals surface area contributed by atoms with E-state index in [4.69, 9.17) is 21.1 Å². The molecule has 0 spiro atoms. The van der Waals surface area contributed by atoms with E-state index >= 15 is 0 Å². The summed E-state index contributed by atoms with van der Waals surface area (Å²) in [6.07, 6.45) is -2.43. The fourth-order valence-electron chi connectivity index (χ4n) is 1.53. The fraction of sp³-hybridized carbons (Fsp3) is 0.636. The van der Waals surface area contributed by atoms with Gasteiger partial charge >= 0.3 is 19.5 Å². The van der Waals surface area contributed by atoms with Crippen LogP contribution in [0, 0.1) is 0 Å². The smallest absolute Gasteiger partial charge is 0.363 e. The van der Waals surface area contributed by atoms with Gasteiger partial charge < -0.3 is 36.6 Å². The number of amides is 2. The molecule has 0 aliphatic carbocycles. The first-order valence-corrected chi connectivity index (χ1v) is 8.85. The van der Waals surface area contributed by atoms with Crippen LogP contribution < -0.4 is 21.8 Å². The number of carboxylic acids is 2. The van der Waals surface area contributed by atoms with Crippen LogP contribution in [0.2, 0.25) is 0 Å². The van der Waals surface area contributed by atoms with Crippen molar-refractivity contribution in [3.05, 3.63) is 0 Å². The SMILES string of the molecule is NC(=O)[C@H](CC(=O)O)NOP(=O)(O)CNC(=O)[C@H](CC(=O)O)NCCO. The molecule has 0 aromatic carbocycles. The summed E-state index contributed by atoms with van der Waals surface area (Å²) in [4.78, 5) is 53.6. The molecule has 1 unspecified atom stereocenters. The maximum Gasteiger partial charge on any atom is 0.363 e. The molecule has 0 aromatic heterocycles. The minimum atomic E-state index is -4.55. The standard InChI is InChI=1S/C11H21N4O10P/c12-10(21)6(3-8(17)18)15-25-26(23,24)5-14-11(22)7(4-9(19)20)13-1-2-16/h6-7,13,15-16H,1-5H2,(H2,12,21)(H,14,22)(H,17,18)(H,19,20)(H,23,24)/t6-,7-/m0/s1. The largest absolute Gasteiger partial charge is 0.481 e. The number of aliphatic hydroxyl groups excluding tert-OH is 1. The molecule has 0 aliphatic rings. The third-order valence-corrected chi connectivity index (χ3v) is 3.66. The van der Waals surface area contributed by atoms with Crippen molar-refractivity contribution in [2.75, 3.05) is 19.4 Å². The molecule has 0 heterocycles. The van der Waals surface area contributed by atoms with E-state index in [0.717, 1.165) is 0 Å². The van der Waals surface area contributed by atoms with E-state index in [0.29, 0.717) is 0 Å². The average molecular weight is 400 g/mol. The molecule has 0 rings (SSSR count). The zero-order valence-corrected chi connectivity index (χ0v) is 14.3. The number of rotatable bonds is 14. The molecule has 0 saturated carbocycles. The second-order valence-corrected chi connectivity index (χ2v) is 6.70. The third-order valence-electron chi connectivity index (χ3n) is 2.71. The van der Waals surface area contributed by atoms with Crippen molar-refractivity contribution in [3.63, 3.8) is 0 Å². The number of primary amides is 1. The molecule has 15 heteroatoms. The topological polar surface area (TPSA) is 238 Å². The Hall–Kier alpha value is -2.09. The number of carbonyl (C=O) groups excluding carboxylic acids is 2. The normalized spacial score (nSPS) is 15.5. The van der Waals surface area contributed by atoms with Gasteiger partial charge in [-0.2, -0.15) is 5.48 Å². The van der Waals surface area contributed by atoms with Gasteiger partial charge in [0.15, 0.2) is 0 Å². The molecular formula is C11H21N4O10P. The minimum Gasteiger partial charge on any atom is -0.481 e. The highest BCUT2D eigenvalue weighted by Gasteiger charge is 2.28. The van der Waals surface area contributed by atoms with Gasteiger partial charge in [0.1, 0.15) is 12.3 Å². The Morgan fingerprint density at radius 3 is 2.08 bits per heavy atom. The van der Waals surface area contributed by atoms with Crippen LogP contribution in [0.25, 0.3) is 0 Å². The molecule has 150 valence electrons. The predicted octanol–water partition coefficient (Wildman–Crippen LogP) is -3.48. The first kappa shape index (κ1) is 23.9. The molecule has 3 atom stereocenters. The van der Waals surface area contributed by atoms with Crippen LogP contribution in [-0.4, -0.2) is 75.5 Å². The van der Waals surface area contributed by atoms with Crippen molar-refractivity contribution in [2.45, 2.75) is 24.9 Å². The van der Waals surface area contributed by atoms with E-state index in [1.54, 1.807) is 5.48 Å². The van der Waals surface area contributed by atoms with Crippen LogP contribution in [0.1, 0.15) is 12.8 Å². The maximum atomic E-state index is 11.8. The van der Waals surface area contributed by atoms with E-state index < -0.39 is 62.6 Å². The summed E-state index contributed by atoms with van der Waals surface area (Å²) in [5.74, 6) is -4.84. The first-order chi connectivity index (χ1) is 12.0. The number of hydrogen-bond donors (Lipinski definition) is 8. The second kappa shape index (κ2) is 11.5. The summed E-state index contributed by atoms with van der Waals surface area (Å²) in [5.41, 5.74) is 6.65. The average Bonchev–Trinajstić information content (AvgIpc) is 2.52. The summed E-state index contributed by atoms with van der Waals surface area (Å²) in [6.45, 7) is -0.456. The Balaban J connectivity index is 4.65. The Labute approximate surface area is 147 Å². The monoisotopic (exact) mass is 400 g/mol. The fourth-order valence-corrected chi connectivity index (χ4v) is 2.24. The summed E-state index contributed by atoms with van der Waals surface area (Å²) in [6, 6.07) is -2.87. The summed E-state index contributed by atoms with van der Waals surface area (Å²) >= 11 is 0. The summed E-state index contributed by atoms with van der Waals surface area (Å²) in [7, 11) is -4.55. The predicted molar refractivity (Wildman–Crippen MR) is 83.4 cm³/mol. The summed E-state index contributed by atoms with van der Waals surface area (Å²) in [5, 5.41) is 30.4.